The van der Waals surface area contributed by atoms with Crippen LogP contribution in [-0.2, 0) is 6.18 Å². The number of alkyl halides is 3. The molecule has 8 heteroatoms. The summed E-state index contributed by atoms with van der Waals surface area (Å²) in [6.45, 7) is 0. The summed E-state index contributed by atoms with van der Waals surface area (Å²) in [4.78, 5) is 12.8. The number of pyridine rings is 1. The zero-order chi connectivity index (χ0) is 11.6. The Morgan fingerprint density at radius 1 is 1.40 bits per heavy atom. The molecule has 0 saturated carbocycles. The Labute approximate surface area is 80.7 Å². The molecule has 1 heterocycles. The van der Waals surface area contributed by atoms with Crippen LogP contribution in [0.5, 0.6) is 5.75 Å². The number of carbonyl (C=O) groups excluding carboxylic acids is 1. The fourth-order valence-electron chi connectivity index (χ4n) is 0.794. The van der Waals surface area contributed by atoms with E-state index < -0.39 is 29.7 Å². The van der Waals surface area contributed by atoms with Gasteiger partial charge in [-0.05, 0) is 0 Å². The number of nitrogens with zero attached hydrogens (tertiary/aromatic N) is 1. The van der Waals surface area contributed by atoms with Crippen molar-refractivity contribution in [2.75, 3.05) is 0 Å². The molecule has 2 N–H and O–H groups in total. The number of primary amides is 1. The SMILES string of the molecule is NC(=O)Oc1cc(F)nc(C(F)(F)F)c1. The van der Waals surface area contributed by atoms with E-state index in [-0.39, 0.29) is 0 Å². The third kappa shape index (κ3) is 3.08. The summed E-state index contributed by atoms with van der Waals surface area (Å²) in [5, 5.41) is 0. The fourth-order valence-corrected chi connectivity index (χ4v) is 0.794. The largest absolute Gasteiger partial charge is 0.433 e. The molecule has 0 radical (unpaired) electrons. The van der Waals surface area contributed by atoms with Gasteiger partial charge in [0, 0.05) is 12.1 Å². The van der Waals surface area contributed by atoms with E-state index in [1.165, 1.54) is 0 Å². The van der Waals surface area contributed by atoms with Crippen molar-refractivity contribution in [1.29, 1.82) is 0 Å². The number of halogens is 4. The molecule has 0 saturated heterocycles. The summed E-state index contributed by atoms with van der Waals surface area (Å²) in [6, 6.07) is 0.883. The monoisotopic (exact) mass is 224 g/mol. The smallest absolute Gasteiger partial charge is 0.410 e. The molecule has 82 valence electrons. The number of hydrogen-bond donors (Lipinski definition) is 1. The van der Waals surface area contributed by atoms with Crippen LogP contribution in [0.3, 0.4) is 0 Å². The number of carbonyl (C=O) groups is 1. The molecule has 1 amide bonds. The highest BCUT2D eigenvalue weighted by atomic mass is 19.4. The lowest BCUT2D eigenvalue weighted by Crippen LogP contribution is -2.17. The summed E-state index contributed by atoms with van der Waals surface area (Å²) in [6.07, 6.45) is -6.16. The summed E-state index contributed by atoms with van der Waals surface area (Å²) in [7, 11) is 0. The van der Waals surface area contributed by atoms with Crippen molar-refractivity contribution in [2.24, 2.45) is 5.73 Å². The van der Waals surface area contributed by atoms with Crippen molar-refractivity contribution in [1.82, 2.24) is 4.98 Å². The van der Waals surface area contributed by atoms with Gasteiger partial charge >= 0.3 is 12.3 Å². The number of hydrogen-bond acceptors (Lipinski definition) is 3. The van der Waals surface area contributed by atoms with Crippen LogP contribution in [-0.4, -0.2) is 11.1 Å². The Balaban J connectivity index is 3.11. The van der Waals surface area contributed by atoms with Crippen LogP contribution in [0.1, 0.15) is 5.69 Å². The molecule has 0 aliphatic rings. The molecule has 0 atom stereocenters. The van der Waals surface area contributed by atoms with Gasteiger partial charge in [0.25, 0.3) is 0 Å². The van der Waals surface area contributed by atoms with Crippen molar-refractivity contribution < 1.29 is 27.1 Å². The van der Waals surface area contributed by atoms with Crippen molar-refractivity contribution in [3.8, 4) is 5.75 Å². The van der Waals surface area contributed by atoms with Crippen LogP contribution in [0.2, 0.25) is 0 Å². The molecule has 0 unspecified atom stereocenters. The highest BCUT2D eigenvalue weighted by Crippen LogP contribution is 2.30. The predicted octanol–water partition coefficient (Wildman–Crippen LogP) is 1.70. The first kappa shape index (κ1) is 11.2. The van der Waals surface area contributed by atoms with Gasteiger partial charge in [-0.15, -0.1) is 0 Å². The first-order chi connectivity index (χ1) is 6.79. The maximum absolute atomic E-state index is 12.6. The lowest BCUT2D eigenvalue weighted by atomic mass is 10.3. The predicted molar refractivity (Wildman–Crippen MR) is 39.4 cm³/mol. The van der Waals surface area contributed by atoms with E-state index in [1.807, 2.05) is 0 Å². The van der Waals surface area contributed by atoms with E-state index >= 15 is 0 Å². The maximum atomic E-state index is 12.6. The lowest BCUT2D eigenvalue weighted by Gasteiger charge is -2.07. The number of aromatic nitrogens is 1. The van der Waals surface area contributed by atoms with Gasteiger partial charge in [-0.2, -0.15) is 17.6 Å². The zero-order valence-corrected chi connectivity index (χ0v) is 7.01. The maximum Gasteiger partial charge on any atom is 0.433 e. The van der Waals surface area contributed by atoms with Gasteiger partial charge in [-0.3, -0.25) is 0 Å². The lowest BCUT2D eigenvalue weighted by molar-refractivity contribution is -0.141. The second-order valence-electron chi connectivity index (χ2n) is 2.43. The topological polar surface area (TPSA) is 65.2 Å². The van der Waals surface area contributed by atoms with Gasteiger partial charge in [0.1, 0.15) is 5.75 Å². The minimum atomic E-state index is -4.82. The summed E-state index contributed by atoms with van der Waals surface area (Å²) in [5.41, 5.74) is 3.05. The zero-order valence-electron chi connectivity index (χ0n) is 7.01. The summed E-state index contributed by atoms with van der Waals surface area (Å²) >= 11 is 0. The molecule has 0 aromatic carbocycles. The molecule has 15 heavy (non-hydrogen) atoms. The van der Waals surface area contributed by atoms with Crippen molar-refractivity contribution in [3.05, 3.63) is 23.8 Å². The number of ether oxygens (including phenoxy) is 1. The first-order valence-electron chi connectivity index (χ1n) is 3.51. The van der Waals surface area contributed by atoms with E-state index in [2.05, 4.69) is 15.5 Å². The van der Waals surface area contributed by atoms with Crippen LogP contribution in [0.4, 0.5) is 22.4 Å². The molecule has 0 fully saturated rings. The van der Waals surface area contributed by atoms with E-state index in [0.717, 1.165) is 0 Å². The van der Waals surface area contributed by atoms with Crippen LogP contribution in [0, 0.1) is 5.95 Å². The standard InChI is InChI=1S/C7H4F4N2O2/c8-5-2-3(15-6(12)14)1-4(13-5)7(9,10)11/h1-2H,(H2,12,14). The molecular formula is C7H4F4N2O2. The third-order valence-corrected chi connectivity index (χ3v) is 1.28. The molecule has 0 aliphatic carbocycles. The molecule has 1 aromatic rings. The average molecular weight is 224 g/mol. The highest BCUT2D eigenvalue weighted by molar-refractivity contribution is 5.68. The van der Waals surface area contributed by atoms with E-state index in [9.17, 15) is 22.4 Å². The van der Waals surface area contributed by atoms with Gasteiger partial charge in [0.05, 0.1) is 0 Å². The van der Waals surface area contributed by atoms with Gasteiger partial charge < -0.3 is 10.5 Å². The number of rotatable bonds is 1. The Bertz CT molecular complexity index is 391. The van der Waals surface area contributed by atoms with Gasteiger partial charge in [-0.25, -0.2) is 9.78 Å². The third-order valence-electron chi connectivity index (χ3n) is 1.28. The summed E-state index contributed by atoms with van der Waals surface area (Å²) < 4.78 is 52.9. The normalized spacial score (nSPS) is 11.2. The van der Waals surface area contributed by atoms with Gasteiger partial charge in [0.15, 0.2) is 5.69 Å². The molecule has 1 rings (SSSR count). The molecule has 0 aliphatic heterocycles. The van der Waals surface area contributed by atoms with Crippen molar-refractivity contribution in [3.63, 3.8) is 0 Å². The first-order valence-corrected chi connectivity index (χ1v) is 3.51. The van der Waals surface area contributed by atoms with Gasteiger partial charge in [0.2, 0.25) is 5.95 Å². The Morgan fingerprint density at radius 2 is 2.00 bits per heavy atom. The number of nitrogens with two attached hydrogens (primary N) is 1. The van der Waals surface area contributed by atoms with Crippen LogP contribution in [0.25, 0.3) is 0 Å². The molecular weight excluding hydrogens is 220 g/mol. The quantitative estimate of drug-likeness (QED) is 0.583. The Morgan fingerprint density at radius 3 is 2.47 bits per heavy atom. The minimum Gasteiger partial charge on any atom is -0.410 e. The highest BCUT2D eigenvalue weighted by Gasteiger charge is 2.33. The fraction of sp³-hybridized carbons (Fsp3) is 0.143. The Hall–Kier alpha value is -1.86. The van der Waals surface area contributed by atoms with Crippen molar-refractivity contribution >= 4 is 6.09 Å². The molecule has 0 bridgehead atoms. The van der Waals surface area contributed by atoms with Crippen LogP contribution >= 0.6 is 0 Å². The Kier molecular flexibility index (Phi) is 2.78. The van der Waals surface area contributed by atoms with Gasteiger partial charge in [-0.1, -0.05) is 0 Å². The molecule has 1 aromatic heterocycles. The average Bonchev–Trinajstić information content (AvgIpc) is 1.99. The van der Waals surface area contributed by atoms with Crippen LogP contribution in [0.15, 0.2) is 12.1 Å². The summed E-state index contributed by atoms with van der Waals surface area (Å²) in [5.74, 6) is -2.07. The van der Waals surface area contributed by atoms with E-state index in [0.29, 0.717) is 12.1 Å². The number of amides is 1. The van der Waals surface area contributed by atoms with E-state index in [1.54, 1.807) is 0 Å². The second kappa shape index (κ2) is 3.71. The molecule has 4 nitrogen and oxygen atoms in total. The minimum absolute atomic E-state index is 0.369. The van der Waals surface area contributed by atoms with Crippen LogP contribution < -0.4 is 10.5 Å². The molecule has 0 spiro atoms. The van der Waals surface area contributed by atoms with E-state index in [4.69, 9.17) is 0 Å². The van der Waals surface area contributed by atoms with Crippen molar-refractivity contribution in [2.45, 2.75) is 6.18 Å². The second-order valence-corrected chi connectivity index (χ2v) is 2.43.